The lowest BCUT2D eigenvalue weighted by molar-refractivity contribution is -0.147. The maximum atomic E-state index is 10.6. The lowest BCUT2D eigenvalue weighted by atomic mass is 10.3. The number of carboxylic acids is 1. The molecule has 0 unspecified atom stereocenters. The Morgan fingerprint density at radius 3 is 2.45 bits per heavy atom. The Morgan fingerprint density at radius 2 is 2.00 bits per heavy atom. The molecule has 4 nitrogen and oxygen atoms in total. The number of carbonyl (C=O) groups is 2. The molecule has 0 aliphatic heterocycles. The van der Waals surface area contributed by atoms with E-state index in [-0.39, 0.29) is 25.3 Å². The summed E-state index contributed by atoms with van der Waals surface area (Å²) in [4.78, 5) is 20.5. The topological polar surface area (TPSA) is 63.6 Å². The van der Waals surface area contributed by atoms with Crippen molar-refractivity contribution < 1.29 is 19.4 Å². The molecule has 0 bridgehead atoms. The number of carbonyl (C=O) groups excluding carboxylic acids is 1. The van der Waals surface area contributed by atoms with Crippen LogP contribution in [0.3, 0.4) is 0 Å². The average molecular weight is 181 g/mol. The molecule has 0 aliphatic carbocycles. The normalized spacial score (nSPS) is 9.18. The summed E-state index contributed by atoms with van der Waals surface area (Å²) in [7, 11) is 0. The standard InChI is InChI=1S/C6H9ClO4/c7-3-4-11-6(10)2-1-5(8)9/h1-4H2,(H,8,9). The highest BCUT2D eigenvalue weighted by molar-refractivity contribution is 6.18. The Bertz CT molecular complexity index is 146. The Hall–Kier alpha value is -0.770. The van der Waals surface area contributed by atoms with Gasteiger partial charge in [-0.3, -0.25) is 9.59 Å². The van der Waals surface area contributed by atoms with Crippen LogP contribution >= 0.6 is 11.6 Å². The zero-order valence-electron chi connectivity index (χ0n) is 5.88. The molecule has 64 valence electrons. The van der Waals surface area contributed by atoms with Gasteiger partial charge in [-0.05, 0) is 0 Å². The second-order valence-electron chi connectivity index (χ2n) is 1.80. The highest BCUT2D eigenvalue weighted by Crippen LogP contribution is 1.92. The number of hydrogen-bond acceptors (Lipinski definition) is 3. The average Bonchev–Trinajstić information content (AvgIpc) is 1.97. The SMILES string of the molecule is O=C(O)CCC(=O)OCCCl. The molecule has 0 heterocycles. The minimum atomic E-state index is -1.01. The first-order valence-electron chi connectivity index (χ1n) is 3.10. The zero-order chi connectivity index (χ0) is 8.69. The van der Waals surface area contributed by atoms with Gasteiger partial charge in [0.1, 0.15) is 6.61 Å². The van der Waals surface area contributed by atoms with E-state index in [1.807, 2.05) is 0 Å². The Balaban J connectivity index is 3.30. The zero-order valence-corrected chi connectivity index (χ0v) is 6.63. The van der Waals surface area contributed by atoms with Crippen LogP contribution in [0.5, 0.6) is 0 Å². The molecule has 0 atom stereocenters. The summed E-state index contributed by atoms with van der Waals surface area (Å²) in [6.45, 7) is 0.139. The van der Waals surface area contributed by atoms with Crippen LogP contribution in [0.15, 0.2) is 0 Å². The second kappa shape index (κ2) is 5.97. The van der Waals surface area contributed by atoms with Gasteiger partial charge in [0.25, 0.3) is 0 Å². The Kier molecular flexibility index (Phi) is 5.56. The smallest absolute Gasteiger partial charge is 0.306 e. The first kappa shape index (κ1) is 10.2. The third-order valence-corrected chi connectivity index (χ3v) is 1.04. The van der Waals surface area contributed by atoms with Crippen molar-refractivity contribution in [3.8, 4) is 0 Å². The summed E-state index contributed by atoms with van der Waals surface area (Å²) in [5.41, 5.74) is 0. The van der Waals surface area contributed by atoms with Gasteiger partial charge in [-0.1, -0.05) is 0 Å². The lowest BCUT2D eigenvalue weighted by Gasteiger charge is -1.99. The quantitative estimate of drug-likeness (QED) is 0.498. The van der Waals surface area contributed by atoms with Crippen LogP contribution in [-0.4, -0.2) is 29.5 Å². The molecule has 0 saturated carbocycles. The molecule has 11 heavy (non-hydrogen) atoms. The molecule has 0 amide bonds. The molecule has 0 aromatic rings. The Morgan fingerprint density at radius 1 is 1.36 bits per heavy atom. The minimum absolute atomic E-state index is 0.0910. The maximum Gasteiger partial charge on any atom is 0.306 e. The molecule has 0 aliphatic rings. The van der Waals surface area contributed by atoms with Crippen molar-refractivity contribution in [3.63, 3.8) is 0 Å². The molecule has 0 aromatic heterocycles. The number of carboxylic acid groups (broad SMARTS) is 1. The first-order chi connectivity index (χ1) is 5.16. The number of halogens is 1. The van der Waals surface area contributed by atoms with Gasteiger partial charge < -0.3 is 9.84 Å². The number of esters is 1. The summed E-state index contributed by atoms with van der Waals surface area (Å²) in [6.07, 6.45) is -0.284. The fraction of sp³-hybridized carbons (Fsp3) is 0.667. The number of rotatable bonds is 5. The van der Waals surface area contributed by atoms with Crippen molar-refractivity contribution in [2.75, 3.05) is 12.5 Å². The predicted molar refractivity (Wildman–Crippen MR) is 38.5 cm³/mol. The van der Waals surface area contributed by atoms with E-state index >= 15 is 0 Å². The van der Waals surface area contributed by atoms with Crippen molar-refractivity contribution in [3.05, 3.63) is 0 Å². The van der Waals surface area contributed by atoms with E-state index in [1.165, 1.54) is 0 Å². The van der Waals surface area contributed by atoms with Crippen LogP contribution in [0.2, 0.25) is 0 Å². The molecule has 0 radical (unpaired) electrons. The monoisotopic (exact) mass is 180 g/mol. The molecule has 1 N–H and O–H groups in total. The van der Waals surface area contributed by atoms with Crippen molar-refractivity contribution in [2.45, 2.75) is 12.8 Å². The third-order valence-electron chi connectivity index (χ3n) is 0.883. The van der Waals surface area contributed by atoms with E-state index in [1.54, 1.807) is 0 Å². The number of hydrogen-bond donors (Lipinski definition) is 1. The molecular weight excluding hydrogens is 172 g/mol. The largest absolute Gasteiger partial charge is 0.481 e. The maximum absolute atomic E-state index is 10.6. The van der Waals surface area contributed by atoms with Crippen LogP contribution in [0, 0.1) is 0 Å². The van der Waals surface area contributed by atoms with Crippen LogP contribution < -0.4 is 0 Å². The van der Waals surface area contributed by atoms with Gasteiger partial charge in [-0.2, -0.15) is 0 Å². The summed E-state index contributed by atoms with van der Waals surface area (Å²) in [5, 5.41) is 8.15. The summed E-state index contributed by atoms with van der Waals surface area (Å²) in [5.74, 6) is -1.29. The minimum Gasteiger partial charge on any atom is -0.481 e. The van der Waals surface area contributed by atoms with Gasteiger partial charge in [0.15, 0.2) is 0 Å². The van der Waals surface area contributed by atoms with Gasteiger partial charge in [0.2, 0.25) is 0 Å². The summed E-state index contributed by atoms with van der Waals surface area (Å²) in [6, 6.07) is 0. The highest BCUT2D eigenvalue weighted by atomic mass is 35.5. The molecule has 0 aromatic carbocycles. The van der Waals surface area contributed by atoms with Crippen molar-refractivity contribution in [2.24, 2.45) is 0 Å². The number of alkyl halides is 1. The van der Waals surface area contributed by atoms with Crippen LogP contribution in [0.1, 0.15) is 12.8 Å². The molecule has 0 spiro atoms. The second-order valence-corrected chi connectivity index (χ2v) is 2.18. The number of aliphatic carboxylic acids is 1. The molecule has 0 fully saturated rings. The molecule has 5 heteroatoms. The van der Waals surface area contributed by atoms with E-state index in [0.29, 0.717) is 0 Å². The third kappa shape index (κ3) is 7.12. The summed E-state index contributed by atoms with van der Waals surface area (Å²) < 4.78 is 4.51. The van der Waals surface area contributed by atoms with Gasteiger partial charge in [0, 0.05) is 0 Å². The molecule has 0 rings (SSSR count). The fourth-order valence-corrected chi connectivity index (χ4v) is 0.511. The van der Waals surface area contributed by atoms with Gasteiger partial charge in [-0.25, -0.2) is 0 Å². The van der Waals surface area contributed by atoms with Gasteiger partial charge in [-0.15, -0.1) is 11.6 Å². The number of ether oxygens (including phenoxy) is 1. The van der Waals surface area contributed by atoms with Crippen LogP contribution in [0.4, 0.5) is 0 Å². The van der Waals surface area contributed by atoms with E-state index in [0.717, 1.165) is 0 Å². The van der Waals surface area contributed by atoms with E-state index in [4.69, 9.17) is 16.7 Å². The van der Waals surface area contributed by atoms with E-state index in [2.05, 4.69) is 4.74 Å². The van der Waals surface area contributed by atoms with Crippen molar-refractivity contribution in [1.82, 2.24) is 0 Å². The van der Waals surface area contributed by atoms with Crippen molar-refractivity contribution >= 4 is 23.5 Å². The lowest BCUT2D eigenvalue weighted by Crippen LogP contribution is -2.08. The summed E-state index contributed by atoms with van der Waals surface area (Å²) >= 11 is 5.21. The molecule has 0 saturated heterocycles. The van der Waals surface area contributed by atoms with Crippen LogP contribution in [-0.2, 0) is 14.3 Å². The van der Waals surface area contributed by atoms with Crippen molar-refractivity contribution in [1.29, 1.82) is 0 Å². The predicted octanol–water partition coefficient (Wildman–Crippen LogP) is 0.633. The van der Waals surface area contributed by atoms with Crippen LogP contribution in [0.25, 0.3) is 0 Å². The highest BCUT2D eigenvalue weighted by Gasteiger charge is 2.05. The Labute approximate surface area is 69.1 Å². The molecular formula is C6H9ClO4. The van der Waals surface area contributed by atoms with Gasteiger partial charge in [0.05, 0.1) is 18.7 Å². The fourth-order valence-electron chi connectivity index (χ4n) is 0.434. The van der Waals surface area contributed by atoms with E-state index < -0.39 is 11.9 Å². The first-order valence-corrected chi connectivity index (χ1v) is 3.63. The van der Waals surface area contributed by atoms with Gasteiger partial charge >= 0.3 is 11.9 Å². The van der Waals surface area contributed by atoms with E-state index in [9.17, 15) is 9.59 Å².